The van der Waals surface area contributed by atoms with Crippen LogP contribution in [-0.4, -0.2) is 16.7 Å². The van der Waals surface area contributed by atoms with E-state index in [0.717, 1.165) is 18.8 Å². The lowest BCUT2D eigenvalue weighted by Crippen LogP contribution is -2.31. The molecule has 1 aromatic heterocycles. The number of rotatable bonds is 7. The lowest BCUT2D eigenvalue weighted by atomic mass is 10.0. The first kappa shape index (κ1) is 15.5. The Balaban J connectivity index is 2.30. The van der Waals surface area contributed by atoms with Gasteiger partial charge in [0.15, 0.2) is 0 Å². The molecule has 21 heavy (non-hydrogen) atoms. The van der Waals surface area contributed by atoms with E-state index >= 15 is 0 Å². The molecule has 0 saturated heterocycles. The summed E-state index contributed by atoms with van der Waals surface area (Å²) in [5.41, 5.74) is 3.09. The number of benzene rings is 1. The molecule has 1 heterocycles. The van der Waals surface area contributed by atoms with Gasteiger partial charge in [-0.2, -0.15) is 0 Å². The van der Waals surface area contributed by atoms with E-state index in [1.54, 1.807) is 18.3 Å². The molecule has 2 rings (SSSR count). The zero-order valence-electron chi connectivity index (χ0n) is 12.3. The molecule has 0 radical (unpaired) electrons. The number of methoxy groups -OCH3 is 1. The van der Waals surface area contributed by atoms with Gasteiger partial charge in [-0.3, -0.25) is 11.3 Å². The number of nitrogens with one attached hydrogen (secondary N) is 1. The Kier molecular flexibility index (Phi) is 5.30. The number of aryl methyl sites for hydroxylation is 1. The lowest BCUT2D eigenvalue weighted by Gasteiger charge is -2.20. The highest BCUT2D eigenvalue weighted by Gasteiger charge is 2.21. The number of aromatic nitrogens is 2. The highest BCUT2D eigenvalue weighted by molar-refractivity contribution is 5.37. The van der Waals surface area contributed by atoms with E-state index in [4.69, 9.17) is 10.6 Å². The van der Waals surface area contributed by atoms with E-state index in [1.807, 2.05) is 6.20 Å². The van der Waals surface area contributed by atoms with Crippen LogP contribution >= 0.6 is 0 Å². The Morgan fingerprint density at radius 3 is 2.95 bits per heavy atom. The van der Waals surface area contributed by atoms with Crippen molar-refractivity contribution in [1.29, 1.82) is 0 Å². The van der Waals surface area contributed by atoms with E-state index in [1.165, 1.54) is 13.2 Å². The Hall–Kier alpha value is -1.92. The fourth-order valence-electron chi connectivity index (χ4n) is 2.43. The highest BCUT2D eigenvalue weighted by Crippen LogP contribution is 2.29. The van der Waals surface area contributed by atoms with Crippen LogP contribution in [0.1, 0.15) is 30.8 Å². The highest BCUT2D eigenvalue weighted by atomic mass is 19.1. The van der Waals surface area contributed by atoms with Crippen LogP contribution in [0.25, 0.3) is 0 Å². The van der Waals surface area contributed by atoms with Gasteiger partial charge >= 0.3 is 0 Å². The van der Waals surface area contributed by atoms with Crippen molar-refractivity contribution in [2.75, 3.05) is 7.11 Å². The topological polar surface area (TPSA) is 65.1 Å². The van der Waals surface area contributed by atoms with Crippen molar-refractivity contribution < 1.29 is 9.13 Å². The number of ether oxygens (including phenoxy) is 1. The van der Waals surface area contributed by atoms with Crippen molar-refractivity contribution in [2.45, 2.75) is 32.4 Å². The van der Waals surface area contributed by atoms with Gasteiger partial charge in [0.05, 0.1) is 13.2 Å². The summed E-state index contributed by atoms with van der Waals surface area (Å²) in [5, 5.41) is 0. The third-order valence-corrected chi connectivity index (χ3v) is 3.44. The molecule has 0 aliphatic rings. The van der Waals surface area contributed by atoms with Crippen LogP contribution in [0.15, 0.2) is 30.6 Å². The summed E-state index contributed by atoms with van der Waals surface area (Å²) in [5.74, 6) is 6.63. The molecular weight excluding hydrogens is 271 g/mol. The number of hydrogen-bond donors (Lipinski definition) is 2. The van der Waals surface area contributed by atoms with Crippen molar-refractivity contribution in [1.82, 2.24) is 15.0 Å². The molecule has 6 heteroatoms. The van der Waals surface area contributed by atoms with Gasteiger partial charge in [0.2, 0.25) is 0 Å². The molecule has 5 nitrogen and oxygen atoms in total. The Labute approximate surface area is 123 Å². The van der Waals surface area contributed by atoms with Gasteiger partial charge in [-0.1, -0.05) is 13.0 Å². The molecule has 1 atom stereocenters. The number of halogens is 1. The van der Waals surface area contributed by atoms with E-state index in [2.05, 4.69) is 21.9 Å². The predicted octanol–water partition coefficient (Wildman–Crippen LogP) is 2.19. The van der Waals surface area contributed by atoms with Crippen molar-refractivity contribution in [3.05, 3.63) is 47.8 Å². The van der Waals surface area contributed by atoms with Crippen molar-refractivity contribution in [3.8, 4) is 5.75 Å². The molecule has 3 N–H and O–H groups in total. The molecular formula is C15H21FN4O. The Morgan fingerprint density at radius 1 is 1.48 bits per heavy atom. The zero-order chi connectivity index (χ0) is 15.2. The average Bonchev–Trinajstić information content (AvgIpc) is 2.92. The first-order valence-electron chi connectivity index (χ1n) is 6.99. The van der Waals surface area contributed by atoms with Crippen LogP contribution in [0.3, 0.4) is 0 Å². The summed E-state index contributed by atoms with van der Waals surface area (Å²) in [4.78, 5) is 4.34. The Bertz CT molecular complexity index is 585. The van der Waals surface area contributed by atoms with Crippen LogP contribution in [0.2, 0.25) is 0 Å². The van der Waals surface area contributed by atoms with Crippen molar-refractivity contribution in [2.24, 2.45) is 5.84 Å². The minimum atomic E-state index is -0.404. The van der Waals surface area contributed by atoms with E-state index in [9.17, 15) is 4.39 Å². The molecule has 0 saturated carbocycles. The maximum absolute atomic E-state index is 14.1. The van der Waals surface area contributed by atoms with Crippen LogP contribution in [0.5, 0.6) is 5.75 Å². The number of hydrazine groups is 1. The van der Waals surface area contributed by atoms with Crippen LogP contribution in [0, 0.1) is 5.82 Å². The van der Waals surface area contributed by atoms with Gasteiger partial charge in [-0.25, -0.2) is 9.37 Å². The monoisotopic (exact) mass is 292 g/mol. The normalized spacial score (nSPS) is 12.4. The summed E-state index contributed by atoms with van der Waals surface area (Å²) in [6, 6.07) is 4.34. The third-order valence-electron chi connectivity index (χ3n) is 3.44. The second-order valence-electron chi connectivity index (χ2n) is 4.82. The van der Waals surface area contributed by atoms with E-state index < -0.39 is 6.04 Å². The summed E-state index contributed by atoms with van der Waals surface area (Å²) in [7, 11) is 1.52. The molecule has 0 aliphatic carbocycles. The quantitative estimate of drug-likeness (QED) is 0.606. The van der Waals surface area contributed by atoms with Crippen LogP contribution < -0.4 is 16.0 Å². The minimum Gasteiger partial charge on any atom is -0.496 e. The van der Waals surface area contributed by atoms with Crippen LogP contribution in [0.4, 0.5) is 4.39 Å². The molecule has 0 spiro atoms. The minimum absolute atomic E-state index is 0.342. The molecule has 1 unspecified atom stereocenters. The Morgan fingerprint density at radius 2 is 2.29 bits per heavy atom. The molecule has 2 aromatic rings. The zero-order valence-corrected chi connectivity index (χ0v) is 12.3. The second-order valence-corrected chi connectivity index (χ2v) is 4.82. The maximum Gasteiger partial charge on any atom is 0.131 e. The van der Waals surface area contributed by atoms with E-state index in [0.29, 0.717) is 17.7 Å². The maximum atomic E-state index is 14.1. The number of nitrogens with zero attached hydrogens (tertiary/aromatic N) is 2. The number of hydrogen-bond acceptors (Lipinski definition) is 4. The van der Waals surface area contributed by atoms with Gasteiger partial charge < -0.3 is 9.30 Å². The summed E-state index contributed by atoms with van der Waals surface area (Å²) in [6.07, 6.45) is 5.16. The smallest absolute Gasteiger partial charge is 0.131 e. The summed E-state index contributed by atoms with van der Waals surface area (Å²) >= 11 is 0. The number of nitrogens with two attached hydrogens (primary N) is 1. The third kappa shape index (κ3) is 3.40. The van der Waals surface area contributed by atoms with E-state index in [-0.39, 0.29) is 5.82 Å². The molecule has 0 amide bonds. The largest absolute Gasteiger partial charge is 0.496 e. The first-order chi connectivity index (χ1) is 10.2. The average molecular weight is 292 g/mol. The van der Waals surface area contributed by atoms with Gasteiger partial charge in [0, 0.05) is 30.9 Å². The van der Waals surface area contributed by atoms with Gasteiger partial charge in [-0.15, -0.1) is 0 Å². The molecule has 0 aliphatic heterocycles. The second kappa shape index (κ2) is 7.19. The van der Waals surface area contributed by atoms with Crippen molar-refractivity contribution >= 4 is 0 Å². The fourth-order valence-corrected chi connectivity index (χ4v) is 2.43. The lowest BCUT2D eigenvalue weighted by molar-refractivity contribution is 0.388. The summed E-state index contributed by atoms with van der Waals surface area (Å²) in [6.45, 7) is 2.98. The van der Waals surface area contributed by atoms with Gasteiger partial charge in [0.25, 0.3) is 0 Å². The molecule has 114 valence electrons. The van der Waals surface area contributed by atoms with Crippen molar-refractivity contribution in [3.63, 3.8) is 0 Å². The fraction of sp³-hybridized carbons (Fsp3) is 0.400. The van der Waals surface area contributed by atoms with Gasteiger partial charge in [-0.05, 0) is 18.6 Å². The molecule has 1 aromatic carbocycles. The SMILES string of the molecule is CCCn1ccnc1CC(NN)c1c(F)cccc1OC. The van der Waals surface area contributed by atoms with Crippen LogP contribution in [-0.2, 0) is 13.0 Å². The first-order valence-corrected chi connectivity index (χ1v) is 6.99. The van der Waals surface area contributed by atoms with Gasteiger partial charge in [0.1, 0.15) is 17.4 Å². The molecule has 0 bridgehead atoms. The predicted molar refractivity (Wildman–Crippen MR) is 79.2 cm³/mol. The standard InChI is InChI=1S/C15H21FN4O/c1-3-8-20-9-7-18-14(20)10-12(19-17)15-11(16)5-4-6-13(15)21-2/h4-7,9,12,19H,3,8,10,17H2,1-2H3. The summed E-state index contributed by atoms with van der Waals surface area (Å²) < 4.78 is 21.4. The molecule has 0 fully saturated rings. The number of imidazole rings is 1.